The Labute approximate surface area is 78.2 Å². The van der Waals surface area contributed by atoms with E-state index in [9.17, 15) is 9.59 Å². The molecule has 0 amide bonds. The van der Waals surface area contributed by atoms with Crippen LogP contribution < -0.4 is 0 Å². The lowest BCUT2D eigenvalue weighted by Crippen LogP contribution is -2.11. The van der Waals surface area contributed by atoms with Gasteiger partial charge in [0.25, 0.3) is 0 Å². The summed E-state index contributed by atoms with van der Waals surface area (Å²) in [6, 6.07) is 0. The zero-order valence-electron chi connectivity index (χ0n) is 8.17. The predicted octanol–water partition coefficient (Wildman–Crippen LogP) is 1.63. The molecule has 0 N–H and O–H groups in total. The van der Waals surface area contributed by atoms with Gasteiger partial charge in [0.05, 0.1) is 0 Å². The van der Waals surface area contributed by atoms with Gasteiger partial charge in [-0.2, -0.15) is 0 Å². The highest BCUT2D eigenvalue weighted by molar-refractivity contribution is 5.70. The Bertz CT molecular complexity index is 165. The third-order valence-corrected chi connectivity index (χ3v) is 1.46. The van der Waals surface area contributed by atoms with Gasteiger partial charge in [-0.25, -0.2) is 0 Å². The molecular weight excluding hydrogens is 172 g/mol. The van der Waals surface area contributed by atoms with Gasteiger partial charge in [-0.3, -0.25) is 9.59 Å². The van der Waals surface area contributed by atoms with E-state index in [2.05, 4.69) is 9.47 Å². The van der Waals surface area contributed by atoms with E-state index in [1.54, 1.807) is 6.92 Å². The van der Waals surface area contributed by atoms with Crippen LogP contribution in [-0.4, -0.2) is 18.7 Å². The minimum atomic E-state index is -0.358. The summed E-state index contributed by atoms with van der Waals surface area (Å²) in [5.74, 6) is -0.672. The minimum Gasteiger partial charge on any atom is -0.428 e. The molecule has 4 nitrogen and oxygen atoms in total. The maximum Gasteiger partial charge on any atom is 0.308 e. The van der Waals surface area contributed by atoms with Crippen molar-refractivity contribution in [1.29, 1.82) is 0 Å². The first kappa shape index (κ1) is 11.9. The van der Waals surface area contributed by atoms with Crippen molar-refractivity contribution in [2.75, 3.05) is 6.79 Å². The molecule has 0 unspecified atom stereocenters. The Morgan fingerprint density at radius 2 is 1.69 bits per heavy atom. The summed E-state index contributed by atoms with van der Waals surface area (Å²) < 4.78 is 9.19. The van der Waals surface area contributed by atoms with E-state index in [1.807, 2.05) is 6.92 Å². The number of unbranched alkanes of at least 4 members (excludes halogenated alkanes) is 1. The van der Waals surface area contributed by atoms with Gasteiger partial charge in [-0.1, -0.05) is 20.3 Å². The molecule has 0 aromatic carbocycles. The van der Waals surface area contributed by atoms with Crippen LogP contribution in [0.3, 0.4) is 0 Å². The van der Waals surface area contributed by atoms with Gasteiger partial charge in [0.15, 0.2) is 0 Å². The van der Waals surface area contributed by atoms with E-state index in [1.165, 1.54) is 0 Å². The molecule has 0 aliphatic rings. The standard InChI is InChI=1S/C9H16O4/c1-3-5-6-9(11)13-7-12-8(10)4-2/h3-7H2,1-2H3. The third-order valence-electron chi connectivity index (χ3n) is 1.46. The van der Waals surface area contributed by atoms with E-state index < -0.39 is 0 Å². The fraction of sp³-hybridized carbons (Fsp3) is 0.778. The van der Waals surface area contributed by atoms with Gasteiger partial charge in [0, 0.05) is 12.8 Å². The molecular formula is C9H16O4. The zero-order valence-corrected chi connectivity index (χ0v) is 8.17. The second-order valence-corrected chi connectivity index (χ2v) is 2.61. The van der Waals surface area contributed by atoms with Crippen molar-refractivity contribution >= 4 is 11.9 Å². The highest BCUT2D eigenvalue weighted by Gasteiger charge is 2.03. The summed E-state index contributed by atoms with van der Waals surface area (Å²) in [4.78, 5) is 21.5. The molecule has 0 aliphatic heterocycles. The third kappa shape index (κ3) is 7.31. The molecule has 0 bridgehead atoms. The highest BCUT2D eigenvalue weighted by atomic mass is 16.7. The average molecular weight is 188 g/mol. The topological polar surface area (TPSA) is 52.6 Å². The number of ether oxygens (including phenoxy) is 2. The lowest BCUT2D eigenvalue weighted by Gasteiger charge is -2.04. The molecule has 0 rings (SSSR count). The predicted molar refractivity (Wildman–Crippen MR) is 46.9 cm³/mol. The molecule has 13 heavy (non-hydrogen) atoms. The molecule has 0 saturated heterocycles. The fourth-order valence-corrected chi connectivity index (χ4v) is 0.656. The molecule has 4 heteroatoms. The monoisotopic (exact) mass is 188 g/mol. The number of esters is 2. The summed E-state index contributed by atoms with van der Waals surface area (Å²) in [5.41, 5.74) is 0. The molecule has 0 heterocycles. The highest BCUT2D eigenvalue weighted by Crippen LogP contribution is 1.96. The normalized spacial score (nSPS) is 9.38. The molecule has 0 aliphatic carbocycles. The van der Waals surface area contributed by atoms with Gasteiger partial charge >= 0.3 is 11.9 Å². The van der Waals surface area contributed by atoms with Crippen molar-refractivity contribution in [3.05, 3.63) is 0 Å². The smallest absolute Gasteiger partial charge is 0.308 e. The van der Waals surface area contributed by atoms with Crippen molar-refractivity contribution in [2.24, 2.45) is 0 Å². The Hall–Kier alpha value is -1.06. The van der Waals surface area contributed by atoms with Crippen molar-refractivity contribution < 1.29 is 19.1 Å². The lowest BCUT2D eigenvalue weighted by molar-refractivity contribution is -0.166. The Kier molecular flexibility index (Phi) is 6.96. The number of hydrogen-bond acceptors (Lipinski definition) is 4. The van der Waals surface area contributed by atoms with E-state index in [-0.39, 0.29) is 18.7 Å². The molecule has 0 fully saturated rings. The Morgan fingerprint density at radius 3 is 2.23 bits per heavy atom. The molecule has 0 saturated carbocycles. The molecule has 0 aromatic rings. The van der Waals surface area contributed by atoms with Gasteiger partial charge in [-0.05, 0) is 6.42 Å². The Balaban J connectivity index is 3.31. The van der Waals surface area contributed by atoms with E-state index in [0.29, 0.717) is 12.8 Å². The van der Waals surface area contributed by atoms with Crippen LogP contribution in [-0.2, 0) is 19.1 Å². The van der Waals surface area contributed by atoms with Crippen molar-refractivity contribution in [3.63, 3.8) is 0 Å². The quantitative estimate of drug-likeness (QED) is 0.469. The molecule has 0 aromatic heterocycles. The largest absolute Gasteiger partial charge is 0.428 e. The maximum absolute atomic E-state index is 10.9. The molecule has 0 radical (unpaired) electrons. The van der Waals surface area contributed by atoms with Crippen LogP contribution in [0, 0.1) is 0 Å². The summed E-state index contributed by atoms with van der Waals surface area (Å²) in [6.07, 6.45) is 2.44. The first-order valence-corrected chi connectivity index (χ1v) is 4.52. The van der Waals surface area contributed by atoms with Gasteiger partial charge < -0.3 is 9.47 Å². The van der Waals surface area contributed by atoms with E-state index in [4.69, 9.17) is 0 Å². The summed E-state index contributed by atoms with van der Waals surface area (Å²) in [7, 11) is 0. The second-order valence-electron chi connectivity index (χ2n) is 2.61. The molecule has 0 spiro atoms. The van der Waals surface area contributed by atoms with Crippen LogP contribution in [0.15, 0.2) is 0 Å². The van der Waals surface area contributed by atoms with Crippen molar-refractivity contribution in [1.82, 2.24) is 0 Å². The number of hydrogen-bond donors (Lipinski definition) is 0. The van der Waals surface area contributed by atoms with E-state index >= 15 is 0 Å². The van der Waals surface area contributed by atoms with E-state index in [0.717, 1.165) is 12.8 Å². The van der Waals surface area contributed by atoms with Crippen LogP contribution in [0.1, 0.15) is 39.5 Å². The number of rotatable bonds is 6. The number of carbonyl (C=O) groups is 2. The van der Waals surface area contributed by atoms with Crippen LogP contribution in [0.25, 0.3) is 0 Å². The average Bonchev–Trinajstić information content (AvgIpc) is 2.14. The first-order chi connectivity index (χ1) is 6.20. The summed E-state index contributed by atoms with van der Waals surface area (Å²) in [5, 5.41) is 0. The zero-order chi connectivity index (χ0) is 10.1. The van der Waals surface area contributed by atoms with Crippen molar-refractivity contribution in [2.45, 2.75) is 39.5 Å². The Morgan fingerprint density at radius 1 is 1.08 bits per heavy atom. The second kappa shape index (κ2) is 7.58. The first-order valence-electron chi connectivity index (χ1n) is 4.52. The fourth-order valence-electron chi connectivity index (χ4n) is 0.656. The van der Waals surface area contributed by atoms with Gasteiger partial charge in [0.2, 0.25) is 6.79 Å². The summed E-state index contributed by atoms with van der Waals surface area (Å²) >= 11 is 0. The molecule has 0 atom stereocenters. The van der Waals surface area contributed by atoms with Gasteiger partial charge in [0.1, 0.15) is 0 Å². The SMILES string of the molecule is CCCCC(=O)OCOC(=O)CC. The van der Waals surface area contributed by atoms with Crippen LogP contribution in [0.2, 0.25) is 0 Å². The lowest BCUT2D eigenvalue weighted by atomic mass is 10.3. The maximum atomic E-state index is 10.9. The van der Waals surface area contributed by atoms with Crippen LogP contribution >= 0.6 is 0 Å². The molecule has 76 valence electrons. The van der Waals surface area contributed by atoms with Gasteiger partial charge in [-0.15, -0.1) is 0 Å². The van der Waals surface area contributed by atoms with Crippen LogP contribution in [0.4, 0.5) is 0 Å². The van der Waals surface area contributed by atoms with Crippen molar-refractivity contribution in [3.8, 4) is 0 Å². The number of carbonyl (C=O) groups excluding carboxylic acids is 2. The van der Waals surface area contributed by atoms with Crippen LogP contribution in [0.5, 0.6) is 0 Å². The minimum absolute atomic E-state index is 0.255. The summed E-state index contributed by atoms with van der Waals surface area (Å²) in [6.45, 7) is 3.42.